The van der Waals surface area contributed by atoms with Crippen LogP contribution in [0.4, 0.5) is 13.2 Å². The molecule has 0 radical (unpaired) electrons. The number of piperidine rings is 1. The molecule has 1 aliphatic heterocycles. The van der Waals surface area contributed by atoms with E-state index in [1.165, 1.54) is 12.1 Å². The van der Waals surface area contributed by atoms with Crippen LogP contribution in [-0.2, 0) is 17.4 Å². The van der Waals surface area contributed by atoms with Crippen molar-refractivity contribution in [3.05, 3.63) is 71.4 Å². The van der Waals surface area contributed by atoms with Gasteiger partial charge in [0, 0.05) is 24.5 Å². The topological polar surface area (TPSA) is 82.9 Å². The summed E-state index contributed by atoms with van der Waals surface area (Å²) in [4.78, 5) is 18.0. The zero-order chi connectivity index (χ0) is 28.7. The summed E-state index contributed by atoms with van der Waals surface area (Å²) >= 11 is 0. The number of aliphatic carboxylic acids is 1. The van der Waals surface area contributed by atoms with Crippen LogP contribution in [-0.4, -0.2) is 52.8 Å². The van der Waals surface area contributed by atoms with E-state index < -0.39 is 23.8 Å². The van der Waals surface area contributed by atoms with Crippen LogP contribution in [0.3, 0.4) is 0 Å². The van der Waals surface area contributed by atoms with Crippen molar-refractivity contribution in [3.8, 4) is 5.75 Å². The molecule has 0 saturated carbocycles. The lowest BCUT2D eigenvalue weighted by molar-refractivity contribution is -0.138. The van der Waals surface area contributed by atoms with E-state index in [9.17, 15) is 28.2 Å². The summed E-state index contributed by atoms with van der Waals surface area (Å²) in [6.07, 6.45) is 0.345. The number of halogens is 3. The summed E-state index contributed by atoms with van der Waals surface area (Å²) in [7, 11) is 1.60. The van der Waals surface area contributed by atoms with Crippen molar-refractivity contribution >= 4 is 16.9 Å². The first-order valence-corrected chi connectivity index (χ1v) is 13.9. The summed E-state index contributed by atoms with van der Waals surface area (Å²) in [5.74, 6) is 0.265. The first-order chi connectivity index (χ1) is 19.2. The lowest BCUT2D eigenvalue weighted by atomic mass is 9.79. The van der Waals surface area contributed by atoms with Crippen LogP contribution < -0.4 is 4.74 Å². The molecule has 3 atom stereocenters. The zero-order valence-corrected chi connectivity index (χ0v) is 22.7. The van der Waals surface area contributed by atoms with Crippen LogP contribution in [0, 0.1) is 11.8 Å². The second kappa shape index (κ2) is 13.5. The monoisotopic (exact) mass is 558 g/mol. The Kier molecular flexibility index (Phi) is 10.0. The fourth-order valence-electron chi connectivity index (χ4n) is 5.97. The third-order valence-corrected chi connectivity index (χ3v) is 8.10. The summed E-state index contributed by atoms with van der Waals surface area (Å²) in [6.45, 7) is 2.18. The fourth-order valence-corrected chi connectivity index (χ4v) is 5.97. The van der Waals surface area contributed by atoms with Crippen LogP contribution in [0.5, 0.6) is 5.75 Å². The lowest BCUT2D eigenvalue weighted by Crippen LogP contribution is -2.41. The predicted molar refractivity (Wildman–Crippen MR) is 147 cm³/mol. The van der Waals surface area contributed by atoms with Gasteiger partial charge in [-0.25, -0.2) is 0 Å². The van der Waals surface area contributed by atoms with Crippen molar-refractivity contribution in [1.29, 1.82) is 0 Å². The highest BCUT2D eigenvalue weighted by molar-refractivity contribution is 5.83. The minimum atomic E-state index is -4.37. The molecule has 1 saturated heterocycles. The Bertz CT molecular complexity index is 1280. The quantitative estimate of drug-likeness (QED) is 0.264. The molecule has 0 aliphatic carbocycles. The number of likely N-dealkylation sites (tertiary alicyclic amines) is 1. The van der Waals surface area contributed by atoms with E-state index in [-0.39, 0.29) is 18.3 Å². The number of methoxy groups -OCH3 is 1. The summed E-state index contributed by atoms with van der Waals surface area (Å²) < 4.78 is 45.4. The molecule has 2 aromatic carbocycles. The average molecular weight is 559 g/mol. The molecule has 2 N–H and O–H groups in total. The molecular weight excluding hydrogens is 521 g/mol. The molecule has 216 valence electrons. The summed E-state index contributed by atoms with van der Waals surface area (Å²) in [6, 6.07) is 13.1. The fraction of sp³-hybridized carbons (Fsp3) is 0.484. The molecule has 4 rings (SSSR count). The van der Waals surface area contributed by atoms with Crippen molar-refractivity contribution in [2.75, 3.05) is 26.7 Å². The second-order valence-corrected chi connectivity index (χ2v) is 10.7. The minimum absolute atomic E-state index is 0.0747. The number of aryl methyl sites for hydroxylation is 1. The highest BCUT2D eigenvalue weighted by Crippen LogP contribution is 2.36. The van der Waals surface area contributed by atoms with E-state index in [4.69, 9.17) is 4.74 Å². The van der Waals surface area contributed by atoms with Crippen molar-refractivity contribution in [2.45, 2.75) is 57.2 Å². The van der Waals surface area contributed by atoms with Gasteiger partial charge in [-0.1, -0.05) is 18.2 Å². The Morgan fingerprint density at radius 3 is 2.70 bits per heavy atom. The van der Waals surface area contributed by atoms with Crippen molar-refractivity contribution < 1.29 is 32.9 Å². The van der Waals surface area contributed by atoms with Crippen molar-refractivity contribution in [2.24, 2.45) is 11.8 Å². The molecule has 0 spiro atoms. The Morgan fingerprint density at radius 1 is 1.15 bits per heavy atom. The Hall–Kier alpha value is -3.17. The van der Waals surface area contributed by atoms with Crippen molar-refractivity contribution in [3.63, 3.8) is 0 Å². The number of alkyl halides is 3. The average Bonchev–Trinajstić information content (AvgIpc) is 2.94. The highest BCUT2D eigenvalue weighted by atomic mass is 19.4. The zero-order valence-electron chi connectivity index (χ0n) is 22.7. The van der Waals surface area contributed by atoms with E-state index in [1.54, 1.807) is 19.4 Å². The molecule has 1 aromatic heterocycles. The molecule has 0 amide bonds. The van der Waals surface area contributed by atoms with Gasteiger partial charge in [-0.05, 0) is 105 Å². The van der Waals surface area contributed by atoms with Crippen LogP contribution in [0.2, 0.25) is 0 Å². The SMILES string of the molecule is COc1ccc2nccc(C(O)CC[C@@H]3CCN(CCCc4ccccc4C(F)(F)F)C[C@@H]3CCC(=O)O)c2c1. The van der Waals surface area contributed by atoms with E-state index in [2.05, 4.69) is 9.88 Å². The minimum Gasteiger partial charge on any atom is -0.497 e. The van der Waals surface area contributed by atoms with Gasteiger partial charge in [0.1, 0.15) is 5.75 Å². The van der Waals surface area contributed by atoms with Gasteiger partial charge < -0.3 is 19.8 Å². The van der Waals surface area contributed by atoms with Gasteiger partial charge in [-0.3, -0.25) is 9.78 Å². The number of pyridine rings is 1. The molecule has 9 heteroatoms. The number of hydrogen-bond acceptors (Lipinski definition) is 5. The smallest absolute Gasteiger partial charge is 0.416 e. The maximum atomic E-state index is 13.3. The van der Waals surface area contributed by atoms with Crippen LogP contribution in [0.1, 0.15) is 61.3 Å². The molecule has 1 aliphatic rings. The molecule has 6 nitrogen and oxygen atoms in total. The summed E-state index contributed by atoms with van der Waals surface area (Å²) in [5.41, 5.74) is 1.31. The van der Waals surface area contributed by atoms with Crippen molar-refractivity contribution in [1.82, 2.24) is 9.88 Å². The third-order valence-electron chi connectivity index (χ3n) is 8.10. The van der Waals surface area contributed by atoms with E-state index in [0.717, 1.165) is 41.9 Å². The number of aromatic nitrogens is 1. The van der Waals surface area contributed by atoms with Crippen LogP contribution in [0.15, 0.2) is 54.7 Å². The number of aliphatic hydroxyl groups is 1. The maximum absolute atomic E-state index is 13.3. The number of nitrogens with zero attached hydrogens (tertiary/aromatic N) is 2. The second-order valence-electron chi connectivity index (χ2n) is 10.7. The number of carbonyl (C=O) groups is 1. The summed E-state index contributed by atoms with van der Waals surface area (Å²) in [5, 5.41) is 21.3. The molecular formula is C31H37F3N2O4. The maximum Gasteiger partial charge on any atom is 0.416 e. The largest absolute Gasteiger partial charge is 0.497 e. The van der Waals surface area contributed by atoms with Gasteiger partial charge in [-0.2, -0.15) is 13.2 Å². The first kappa shape index (κ1) is 29.8. The highest BCUT2D eigenvalue weighted by Gasteiger charge is 2.33. The van der Waals surface area contributed by atoms with E-state index >= 15 is 0 Å². The van der Waals surface area contributed by atoms with Gasteiger partial charge in [0.15, 0.2) is 0 Å². The Balaban J connectivity index is 1.36. The van der Waals surface area contributed by atoms with Gasteiger partial charge in [0.05, 0.1) is 24.3 Å². The normalized spacial score (nSPS) is 19.0. The number of carboxylic acid groups (broad SMARTS) is 1. The molecule has 40 heavy (non-hydrogen) atoms. The number of benzene rings is 2. The molecule has 1 fully saturated rings. The lowest BCUT2D eigenvalue weighted by Gasteiger charge is -2.39. The number of rotatable bonds is 12. The third kappa shape index (κ3) is 7.73. The molecule has 2 heterocycles. The number of ether oxygens (including phenoxy) is 1. The van der Waals surface area contributed by atoms with Gasteiger partial charge in [-0.15, -0.1) is 0 Å². The van der Waals surface area contributed by atoms with Crippen LogP contribution in [0.25, 0.3) is 10.9 Å². The Morgan fingerprint density at radius 2 is 1.95 bits per heavy atom. The Labute approximate surface area is 232 Å². The number of fused-ring (bicyclic) bond motifs is 1. The predicted octanol–water partition coefficient (Wildman–Crippen LogP) is 6.51. The van der Waals surface area contributed by atoms with Crippen LogP contribution >= 0.6 is 0 Å². The number of hydrogen-bond donors (Lipinski definition) is 2. The molecule has 3 aromatic rings. The standard InChI is InChI=1S/C31H37F3N2O4/c1-40-24-10-11-28-26(19-24)25(14-16-35-28)29(37)12-8-21-15-18-36(20-23(21)9-13-30(38)39)17-4-6-22-5-2-3-7-27(22)31(32,33)34/h2-3,5,7,10-11,14,16,19,21,23,29,37H,4,6,8-9,12-13,15,17-18,20H2,1H3,(H,38,39)/t21-,23+,29?/m1/s1. The number of aliphatic hydroxyl groups excluding tert-OH is 1. The number of carboxylic acids is 1. The molecule has 1 unspecified atom stereocenters. The van der Waals surface area contributed by atoms with E-state index in [0.29, 0.717) is 50.1 Å². The molecule has 0 bridgehead atoms. The first-order valence-electron chi connectivity index (χ1n) is 13.9. The van der Waals surface area contributed by atoms with E-state index in [1.807, 2.05) is 24.3 Å². The van der Waals surface area contributed by atoms with Gasteiger partial charge in [0.2, 0.25) is 0 Å². The van der Waals surface area contributed by atoms with Gasteiger partial charge >= 0.3 is 12.1 Å². The van der Waals surface area contributed by atoms with Gasteiger partial charge in [0.25, 0.3) is 0 Å².